The van der Waals surface area contributed by atoms with Crippen LogP contribution < -0.4 is 9.46 Å². The molecule has 1 N–H and O–H groups in total. The minimum atomic E-state index is -3.54. The van der Waals surface area contributed by atoms with Crippen molar-refractivity contribution in [2.45, 2.75) is 6.42 Å². The van der Waals surface area contributed by atoms with Crippen LogP contribution in [0.3, 0.4) is 0 Å². The highest BCUT2D eigenvalue weighted by Crippen LogP contribution is 2.29. The molecule has 1 atom stereocenters. The molecule has 0 aromatic heterocycles. The van der Waals surface area contributed by atoms with E-state index in [1.165, 1.54) is 0 Å². The monoisotopic (exact) mass is 289 g/mol. The van der Waals surface area contributed by atoms with Crippen LogP contribution in [0.1, 0.15) is 5.56 Å². The maximum atomic E-state index is 11.7. The second-order valence-electron chi connectivity index (χ2n) is 4.20. The highest BCUT2D eigenvalue weighted by Gasteiger charge is 2.27. The molecule has 1 aromatic rings. The molecule has 0 saturated carbocycles. The first-order valence-electron chi connectivity index (χ1n) is 5.28. The van der Waals surface area contributed by atoms with Gasteiger partial charge in [-0.1, -0.05) is 11.6 Å². The first-order chi connectivity index (χ1) is 8.35. The lowest BCUT2D eigenvalue weighted by molar-refractivity contribution is -0.124. The fraction of sp³-hybridized carbons (Fsp3) is 0.364. The molecule has 1 amide bonds. The van der Waals surface area contributed by atoms with Crippen LogP contribution in [-0.4, -0.2) is 27.2 Å². The lowest BCUT2D eigenvalue weighted by Gasteiger charge is -2.24. The van der Waals surface area contributed by atoms with Crippen LogP contribution in [0.15, 0.2) is 18.2 Å². The number of hydrogen-bond donors (Lipinski definition) is 1. The van der Waals surface area contributed by atoms with Crippen molar-refractivity contribution in [1.82, 2.24) is 4.72 Å². The minimum Gasteiger partial charge on any atom is -0.492 e. The van der Waals surface area contributed by atoms with E-state index in [4.69, 9.17) is 16.3 Å². The van der Waals surface area contributed by atoms with Crippen molar-refractivity contribution in [1.29, 1.82) is 0 Å². The summed E-state index contributed by atoms with van der Waals surface area (Å²) >= 11 is 5.86. The third-order valence-corrected chi connectivity index (χ3v) is 3.39. The number of benzene rings is 1. The summed E-state index contributed by atoms with van der Waals surface area (Å²) < 4.78 is 29.3. The zero-order chi connectivity index (χ0) is 13.3. The Morgan fingerprint density at radius 2 is 2.22 bits per heavy atom. The van der Waals surface area contributed by atoms with Crippen molar-refractivity contribution >= 4 is 27.5 Å². The Balaban J connectivity index is 2.14. The Morgan fingerprint density at radius 3 is 2.89 bits per heavy atom. The number of sulfonamides is 1. The lowest BCUT2D eigenvalue weighted by Crippen LogP contribution is -2.39. The Labute approximate surface area is 110 Å². The maximum Gasteiger partial charge on any atom is 0.240 e. The summed E-state index contributed by atoms with van der Waals surface area (Å²) in [4.78, 5) is 11.7. The average molecular weight is 290 g/mol. The molecule has 0 bridgehead atoms. The van der Waals surface area contributed by atoms with Gasteiger partial charge in [0, 0.05) is 5.02 Å². The molecule has 98 valence electrons. The summed E-state index contributed by atoms with van der Waals surface area (Å²) in [7, 11) is -3.54. The zero-order valence-corrected chi connectivity index (χ0v) is 11.2. The fourth-order valence-electron chi connectivity index (χ4n) is 1.80. The van der Waals surface area contributed by atoms with Crippen molar-refractivity contribution in [3.05, 3.63) is 28.8 Å². The van der Waals surface area contributed by atoms with Crippen molar-refractivity contribution < 1.29 is 17.9 Å². The van der Waals surface area contributed by atoms with E-state index in [-0.39, 0.29) is 6.61 Å². The summed E-state index contributed by atoms with van der Waals surface area (Å²) in [5, 5.41) is 0.557. The van der Waals surface area contributed by atoms with Crippen molar-refractivity contribution in [3.63, 3.8) is 0 Å². The molecule has 0 spiro atoms. The summed E-state index contributed by atoms with van der Waals surface area (Å²) in [5.41, 5.74) is 0.808. The molecule has 0 unspecified atom stereocenters. The molecular formula is C11H12ClNO4S. The van der Waals surface area contributed by atoms with Crippen LogP contribution in [0.4, 0.5) is 0 Å². The average Bonchev–Trinajstić information content (AvgIpc) is 2.25. The van der Waals surface area contributed by atoms with Crippen molar-refractivity contribution in [2.75, 3.05) is 12.9 Å². The summed E-state index contributed by atoms with van der Waals surface area (Å²) in [5.74, 6) is -0.392. The van der Waals surface area contributed by atoms with Gasteiger partial charge in [0.1, 0.15) is 12.4 Å². The first-order valence-corrected chi connectivity index (χ1v) is 7.55. The molecule has 0 aliphatic carbocycles. The Morgan fingerprint density at radius 1 is 1.50 bits per heavy atom. The Hall–Kier alpha value is -1.27. The van der Waals surface area contributed by atoms with Crippen LogP contribution in [0.2, 0.25) is 5.02 Å². The van der Waals surface area contributed by atoms with Gasteiger partial charge >= 0.3 is 0 Å². The van der Waals surface area contributed by atoms with Gasteiger partial charge in [-0.15, -0.1) is 0 Å². The highest BCUT2D eigenvalue weighted by atomic mass is 35.5. The number of nitrogens with one attached hydrogen (secondary N) is 1. The number of hydrogen-bond acceptors (Lipinski definition) is 4. The molecule has 1 aromatic carbocycles. The molecule has 0 radical (unpaired) electrons. The zero-order valence-electron chi connectivity index (χ0n) is 9.64. The van der Waals surface area contributed by atoms with E-state index >= 15 is 0 Å². The van der Waals surface area contributed by atoms with E-state index in [0.29, 0.717) is 17.2 Å². The predicted octanol–water partition coefficient (Wildman–Crippen LogP) is 0.967. The van der Waals surface area contributed by atoms with E-state index in [1.54, 1.807) is 18.2 Å². The quantitative estimate of drug-likeness (QED) is 0.880. The van der Waals surface area contributed by atoms with Gasteiger partial charge in [-0.25, -0.2) is 8.42 Å². The van der Waals surface area contributed by atoms with Gasteiger partial charge in [-0.05, 0) is 30.2 Å². The van der Waals surface area contributed by atoms with E-state index < -0.39 is 21.8 Å². The second kappa shape index (κ2) is 4.78. The number of rotatable bonds is 2. The SMILES string of the molecule is CS(=O)(=O)NC(=O)[C@@H]1COc2ccc(Cl)cc2C1. The van der Waals surface area contributed by atoms with Gasteiger partial charge in [0.2, 0.25) is 15.9 Å². The summed E-state index contributed by atoms with van der Waals surface area (Å²) in [6, 6.07) is 5.16. The molecule has 1 heterocycles. The molecule has 5 nitrogen and oxygen atoms in total. The third-order valence-electron chi connectivity index (χ3n) is 2.59. The Kier molecular flexibility index (Phi) is 3.49. The Bertz CT molecular complexity index is 585. The largest absolute Gasteiger partial charge is 0.492 e. The van der Waals surface area contributed by atoms with Crippen molar-refractivity contribution in [2.24, 2.45) is 5.92 Å². The predicted molar refractivity (Wildman–Crippen MR) is 67.1 cm³/mol. The van der Waals surface area contributed by atoms with E-state index in [2.05, 4.69) is 0 Å². The van der Waals surface area contributed by atoms with Crippen molar-refractivity contribution in [3.8, 4) is 5.75 Å². The third kappa shape index (κ3) is 3.14. The molecule has 0 saturated heterocycles. The fourth-order valence-corrected chi connectivity index (χ4v) is 2.52. The van der Waals surface area contributed by atoms with E-state index in [9.17, 15) is 13.2 Å². The van der Waals surface area contributed by atoms with E-state index in [1.807, 2.05) is 4.72 Å². The van der Waals surface area contributed by atoms with Gasteiger partial charge in [0.15, 0.2) is 0 Å². The van der Waals surface area contributed by atoms with Crippen LogP contribution in [0.5, 0.6) is 5.75 Å². The maximum absolute atomic E-state index is 11.7. The van der Waals surface area contributed by atoms with Gasteiger partial charge < -0.3 is 4.74 Å². The number of halogens is 1. The normalized spacial score (nSPS) is 18.7. The first kappa shape index (κ1) is 13.2. The number of carbonyl (C=O) groups is 1. The number of amides is 1. The van der Waals surface area contributed by atoms with Crippen LogP contribution in [0, 0.1) is 5.92 Å². The van der Waals surface area contributed by atoms with Gasteiger partial charge in [0.25, 0.3) is 0 Å². The molecule has 7 heteroatoms. The highest BCUT2D eigenvalue weighted by molar-refractivity contribution is 7.89. The van der Waals surface area contributed by atoms with E-state index in [0.717, 1.165) is 11.8 Å². The number of fused-ring (bicyclic) bond motifs is 1. The van der Waals surface area contributed by atoms with Crippen LogP contribution in [0.25, 0.3) is 0 Å². The van der Waals surface area contributed by atoms with Gasteiger partial charge in [0.05, 0.1) is 12.2 Å². The lowest BCUT2D eigenvalue weighted by atomic mass is 9.96. The van der Waals surface area contributed by atoms with Crippen LogP contribution >= 0.6 is 11.6 Å². The molecule has 0 fully saturated rings. The molecular weight excluding hydrogens is 278 g/mol. The summed E-state index contributed by atoms with van der Waals surface area (Å²) in [6.07, 6.45) is 1.36. The molecule has 1 aliphatic rings. The number of ether oxygens (including phenoxy) is 1. The second-order valence-corrected chi connectivity index (χ2v) is 6.39. The molecule has 1 aliphatic heterocycles. The van der Waals surface area contributed by atoms with Crippen LogP contribution in [-0.2, 0) is 21.2 Å². The van der Waals surface area contributed by atoms with Gasteiger partial charge in [-0.2, -0.15) is 0 Å². The standard InChI is InChI=1S/C11H12ClNO4S/c1-18(15,16)13-11(14)8-4-7-5-9(12)2-3-10(7)17-6-8/h2-3,5,8H,4,6H2,1H3,(H,13,14)/t8-/m0/s1. The molecule has 2 rings (SSSR count). The van der Waals surface area contributed by atoms with Gasteiger partial charge in [-0.3, -0.25) is 9.52 Å². The number of carbonyl (C=O) groups excluding carboxylic acids is 1. The summed E-state index contributed by atoms with van der Waals surface area (Å²) in [6.45, 7) is 0.163. The smallest absolute Gasteiger partial charge is 0.240 e. The molecule has 18 heavy (non-hydrogen) atoms. The topological polar surface area (TPSA) is 72.5 Å². The minimum absolute atomic E-state index is 0.163.